The van der Waals surface area contributed by atoms with E-state index in [0.29, 0.717) is 22.1 Å². The molecule has 0 bridgehead atoms. The summed E-state index contributed by atoms with van der Waals surface area (Å²) < 4.78 is 10.2. The number of carboxylic acid groups (broad SMARTS) is 1. The summed E-state index contributed by atoms with van der Waals surface area (Å²) in [6, 6.07) is 1.61. The van der Waals surface area contributed by atoms with E-state index in [-0.39, 0.29) is 5.56 Å². The summed E-state index contributed by atoms with van der Waals surface area (Å²) in [4.78, 5) is 10.7. The minimum absolute atomic E-state index is 0.0372. The molecular formula is C12H8ClO4-. The number of rotatable bonds is 3. The van der Waals surface area contributed by atoms with Crippen LogP contribution in [0.5, 0.6) is 0 Å². The Morgan fingerprint density at radius 3 is 2.59 bits per heavy atom. The van der Waals surface area contributed by atoms with Crippen molar-refractivity contribution in [1.29, 1.82) is 0 Å². The quantitative estimate of drug-likeness (QED) is 0.840. The molecule has 0 fully saturated rings. The van der Waals surface area contributed by atoms with Crippen molar-refractivity contribution in [3.63, 3.8) is 0 Å². The molecule has 2 heterocycles. The van der Waals surface area contributed by atoms with Crippen LogP contribution in [0, 0.1) is 6.92 Å². The molecule has 0 spiro atoms. The zero-order valence-electron chi connectivity index (χ0n) is 8.90. The highest BCUT2D eigenvalue weighted by Crippen LogP contribution is 2.22. The third-order valence-electron chi connectivity index (χ3n) is 2.33. The average Bonchev–Trinajstić information content (AvgIpc) is 2.82. The van der Waals surface area contributed by atoms with Gasteiger partial charge in [-0.1, -0.05) is 11.6 Å². The normalized spacial score (nSPS) is 11.2. The first-order chi connectivity index (χ1) is 8.09. The number of hydrogen-bond donors (Lipinski definition) is 0. The van der Waals surface area contributed by atoms with Gasteiger partial charge in [0.1, 0.15) is 17.8 Å². The molecule has 0 saturated carbocycles. The summed E-state index contributed by atoms with van der Waals surface area (Å²) in [6.07, 6.45) is 5.80. The van der Waals surface area contributed by atoms with Gasteiger partial charge >= 0.3 is 0 Å². The first kappa shape index (κ1) is 11.5. The Labute approximate surface area is 102 Å². The average molecular weight is 252 g/mol. The van der Waals surface area contributed by atoms with Gasteiger partial charge in [0.25, 0.3) is 0 Å². The van der Waals surface area contributed by atoms with Crippen LogP contribution in [-0.2, 0) is 0 Å². The van der Waals surface area contributed by atoms with Gasteiger partial charge in [-0.15, -0.1) is 0 Å². The fourth-order valence-electron chi connectivity index (χ4n) is 1.37. The second-order valence-electron chi connectivity index (χ2n) is 3.39. The zero-order chi connectivity index (χ0) is 12.4. The Kier molecular flexibility index (Phi) is 3.06. The van der Waals surface area contributed by atoms with Crippen molar-refractivity contribution in [1.82, 2.24) is 0 Å². The van der Waals surface area contributed by atoms with E-state index in [1.54, 1.807) is 25.1 Å². The fourth-order valence-corrected chi connectivity index (χ4v) is 1.53. The second-order valence-corrected chi connectivity index (χ2v) is 3.80. The maximum absolute atomic E-state index is 10.7. The van der Waals surface area contributed by atoms with Gasteiger partial charge in [0.2, 0.25) is 0 Å². The molecule has 0 aliphatic carbocycles. The fraction of sp³-hybridized carbons (Fsp3) is 0.0833. The predicted octanol–water partition coefficient (Wildman–Crippen LogP) is 2.37. The highest BCUT2D eigenvalue weighted by molar-refractivity contribution is 6.31. The summed E-state index contributed by atoms with van der Waals surface area (Å²) in [5.41, 5.74) is 0.541. The first-order valence-corrected chi connectivity index (χ1v) is 5.18. The van der Waals surface area contributed by atoms with Crippen LogP contribution >= 0.6 is 11.6 Å². The molecule has 0 amide bonds. The second kappa shape index (κ2) is 4.51. The largest absolute Gasteiger partial charge is 0.545 e. The maximum atomic E-state index is 10.7. The van der Waals surface area contributed by atoms with Crippen molar-refractivity contribution in [3.8, 4) is 0 Å². The molecule has 2 aromatic rings. The van der Waals surface area contributed by atoms with Gasteiger partial charge in [0, 0.05) is 11.1 Å². The molecule has 2 aromatic heterocycles. The molecule has 0 radical (unpaired) electrons. The molecular weight excluding hydrogens is 244 g/mol. The maximum Gasteiger partial charge on any atom is 0.145 e. The highest BCUT2D eigenvalue weighted by atomic mass is 35.5. The number of carboxylic acids is 1. The Bertz CT molecular complexity index is 577. The lowest BCUT2D eigenvalue weighted by atomic mass is 10.1. The van der Waals surface area contributed by atoms with Crippen LogP contribution in [-0.4, -0.2) is 5.97 Å². The third-order valence-corrected chi connectivity index (χ3v) is 2.64. The van der Waals surface area contributed by atoms with E-state index in [2.05, 4.69) is 0 Å². The lowest BCUT2D eigenvalue weighted by Gasteiger charge is -1.97. The summed E-state index contributed by atoms with van der Waals surface area (Å²) in [5, 5.41) is 11.2. The molecule has 0 unspecified atom stereocenters. The summed E-state index contributed by atoms with van der Waals surface area (Å²) in [5.74, 6) is -0.351. The van der Waals surface area contributed by atoms with Crippen molar-refractivity contribution in [2.75, 3.05) is 0 Å². The minimum atomic E-state index is -1.26. The summed E-state index contributed by atoms with van der Waals surface area (Å²) in [7, 11) is 0. The van der Waals surface area contributed by atoms with Crippen LogP contribution in [0.1, 0.15) is 27.4 Å². The van der Waals surface area contributed by atoms with Gasteiger partial charge in [-0.05, 0) is 25.1 Å². The smallest absolute Gasteiger partial charge is 0.145 e. The number of hydrogen-bond acceptors (Lipinski definition) is 4. The highest BCUT2D eigenvalue weighted by Gasteiger charge is 2.08. The number of aromatic carboxylic acids is 1. The Hall–Kier alpha value is -1.94. The van der Waals surface area contributed by atoms with Crippen LogP contribution < -0.4 is 5.11 Å². The van der Waals surface area contributed by atoms with Crippen LogP contribution in [0.4, 0.5) is 0 Å². The van der Waals surface area contributed by atoms with E-state index in [4.69, 9.17) is 20.4 Å². The van der Waals surface area contributed by atoms with Crippen LogP contribution in [0.2, 0.25) is 5.02 Å². The molecule has 0 atom stereocenters. The van der Waals surface area contributed by atoms with Gasteiger partial charge in [-0.2, -0.15) is 0 Å². The molecule has 0 saturated heterocycles. The number of carbonyl (C=O) groups excluding carboxylic acids is 1. The monoisotopic (exact) mass is 251 g/mol. The molecule has 17 heavy (non-hydrogen) atoms. The van der Waals surface area contributed by atoms with Gasteiger partial charge in [-0.25, -0.2) is 0 Å². The molecule has 88 valence electrons. The molecule has 2 rings (SSSR count). The van der Waals surface area contributed by atoms with Crippen molar-refractivity contribution in [2.45, 2.75) is 6.92 Å². The van der Waals surface area contributed by atoms with E-state index >= 15 is 0 Å². The topological polar surface area (TPSA) is 66.4 Å². The van der Waals surface area contributed by atoms with Crippen LogP contribution in [0.3, 0.4) is 0 Å². The Balaban J connectivity index is 2.28. The molecule has 4 nitrogen and oxygen atoms in total. The zero-order valence-corrected chi connectivity index (χ0v) is 9.65. The van der Waals surface area contributed by atoms with Gasteiger partial charge in [0.15, 0.2) is 0 Å². The van der Waals surface area contributed by atoms with Crippen LogP contribution in [0.25, 0.3) is 12.2 Å². The lowest BCUT2D eigenvalue weighted by molar-refractivity contribution is -0.255. The molecule has 0 aromatic carbocycles. The Morgan fingerprint density at radius 1 is 1.35 bits per heavy atom. The number of furan rings is 2. The van der Waals surface area contributed by atoms with Crippen molar-refractivity contribution >= 4 is 29.7 Å². The van der Waals surface area contributed by atoms with Gasteiger partial charge in [-0.3, -0.25) is 0 Å². The van der Waals surface area contributed by atoms with E-state index < -0.39 is 5.97 Å². The Morgan fingerprint density at radius 2 is 2.06 bits per heavy atom. The van der Waals surface area contributed by atoms with Crippen molar-refractivity contribution in [3.05, 3.63) is 46.3 Å². The van der Waals surface area contributed by atoms with Gasteiger partial charge in [0.05, 0.1) is 17.3 Å². The molecule has 5 heteroatoms. The SMILES string of the molecule is Cc1c(C(=O)[O-])coc1/C=C/c1occc1Cl. The summed E-state index contributed by atoms with van der Waals surface area (Å²) in [6.45, 7) is 1.64. The van der Waals surface area contributed by atoms with E-state index in [1.807, 2.05) is 0 Å². The van der Waals surface area contributed by atoms with E-state index in [0.717, 1.165) is 6.26 Å². The molecule has 0 aliphatic rings. The summed E-state index contributed by atoms with van der Waals surface area (Å²) >= 11 is 5.82. The van der Waals surface area contributed by atoms with Crippen molar-refractivity contribution < 1.29 is 18.7 Å². The predicted molar refractivity (Wildman–Crippen MR) is 60.4 cm³/mol. The van der Waals surface area contributed by atoms with Crippen molar-refractivity contribution in [2.24, 2.45) is 0 Å². The molecule has 0 N–H and O–H groups in total. The molecule has 0 aliphatic heterocycles. The lowest BCUT2D eigenvalue weighted by Crippen LogP contribution is -2.22. The number of halogens is 1. The number of carbonyl (C=O) groups is 1. The van der Waals surface area contributed by atoms with E-state index in [1.165, 1.54) is 6.26 Å². The minimum Gasteiger partial charge on any atom is -0.545 e. The first-order valence-electron chi connectivity index (χ1n) is 4.80. The third kappa shape index (κ3) is 2.26. The van der Waals surface area contributed by atoms with Crippen LogP contribution in [0.15, 0.2) is 27.4 Å². The standard InChI is InChI=1S/C12H9ClO4/c1-7-8(12(14)15)6-17-10(7)2-3-11-9(13)4-5-16-11/h2-6H,1H3,(H,14,15)/p-1/b3-2+. The van der Waals surface area contributed by atoms with Gasteiger partial charge < -0.3 is 18.7 Å². The van der Waals surface area contributed by atoms with E-state index in [9.17, 15) is 9.90 Å².